The number of halogens is 1. The minimum absolute atomic E-state index is 0.00960. The molecular weight excluding hydrogens is 312 g/mol. The smallest absolute Gasteiger partial charge is 0.167 e. The van der Waals surface area contributed by atoms with Gasteiger partial charge in [0, 0.05) is 30.5 Å². The van der Waals surface area contributed by atoms with E-state index in [-0.39, 0.29) is 23.1 Å². The summed E-state index contributed by atoms with van der Waals surface area (Å²) in [6.07, 6.45) is 5.11. The maximum atomic E-state index is 12.8. The number of aliphatic hydroxyl groups is 1. The van der Waals surface area contributed by atoms with Gasteiger partial charge in [0.25, 0.3) is 0 Å². The Bertz CT molecular complexity index is 655. The van der Waals surface area contributed by atoms with Gasteiger partial charge in [0.05, 0.1) is 11.7 Å². The summed E-state index contributed by atoms with van der Waals surface area (Å²) >= 11 is 6.29. The van der Waals surface area contributed by atoms with Gasteiger partial charge in [-0.1, -0.05) is 23.7 Å². The summed E-state index contributed by atoms with van der Waals surface area (Å²) in [6, 6.07) is 5.59. The summed E-state index contributed by atoms with van der Waals surface area (Å²) in [4.78, 5) is 12.8. The van der Waals surface area contributed by atoms with Crippen molar-refractivity contribution >= 4 is 23.0 Å². The molecule has 4 heteroatoms. The average Bonchev–Trinajstić information content (AvgIpc) is 2.49. The number of rotatable bonds is 2. The SMILES string of the molecule is COC1CCC2(CC1)CC(=O)C(c1ccc(C)cc1Cl)=C(O)C2. The van der Waals surface area contributed by atoms with E-state index < -0.39 is 0 Å². The molecule has 2 aliphatic rings. The number of hydrogen-bond acceptors (Lipinski definition) is 3. The van der Waals surface area contributed by atoms with Crippen molar-refractivity contribution in [1.82, 2.24) is 0 Å². The van der Waals surface area contributed by atoms with Crippen LogP contribution in [-0.2, 0) is 9.53 Å². The van der Waals surface area contributed by atoms with Gasteiger partial charge in [-0.15, -0.1) is 0 Å². The lowest BCUT2D eigenvalue weighted by atomic mass is 9.64. The number of aliphatic hydroxyl groups excluding tert-OH is 1. The summed E-state index contributed by atoms with van der Waals surface area (Å²) in [5.41, 5.74) is 2.00. The molecule has 1 aromatic rings. The third-order valence-corrected chi connectivity index (χ3v) is 5.68. The van der Waals surface area contributed by atoms with Crippen LogP contribution in [0, 0.1) is 12.3 Å². The molecule has 0 heterocycles. The van der Waals surface area contributed by atoms with Gasteiger partial charge in [-0.05, 0) is 49.7 Å². The Labute approximate surface area is 142 Å². The van der Waals surface area contributed by atoms with E-state index in [0.29, 0.717) is 29.0 Å². The highest BCUT2D eigenvalue weighted by Crippen LogP contribution is 2.49. The molecule has 3 nitrogen and oxygen atoms in total. The van der Waals surface area contributed by atoms with Gasteiger partial charge in [-0.2, -0.15) is 0 Å². The first-order valence-electron chi connectivity index (χ1n) is 8.19. The topological polar surface area (TPSA) is 46.5 Å². The molecular formula is C19H23ClO3. The second-order valence-electron chi connectivity index (χ2n) is 7.02. The van der Waals surface area contributed by atoms with Crippen molar-refractivity contribution in [2.75, 3.05) is 7.11 Å². The van der Waals surface area contributed by atoms with E-state index in [0.717, 1.165) is 31.2 Å². The lowest BCUT2D eigenvalue weighted by molar-refractivity contribution is -0.118. The number of ketones is 1. The summed E-state index contributed by atoms with van der Waals surface area (Å²) < 4.78 is 5.42. The molecule has 0 saturated heterocycles. The normalized spacial score (nSPS) is 28.5. The maximum Gasteiger partial charge on any atom is 0.167 e. The number of hydrogen-bond donors (Lipinski definition) is 1. The third kappa shape index (κ3) is 3.17. The van der Waals surface area contributed by atoms with Crippen LogP contribution in [0.25, 0.3) is 5.57 Å². The van der Waals surface area contributed by atoms with Crippen LogP contribution in [-0.4, -0.2) is 24.1 Å². The lowest BCUT2D eigenvalue weighted by Crippen LogP contribution is -2.36. The predicted octanol–water partition coefficient (Wildman–Crippen LogP) is 4.86. The molecule has 1 fully saturated rings. The first kappa shape index (κ1) is 16.5. The van der Waals surface area contributed by atoms with Crippen LogP contribution in [0.2, 0.25) is 5.02 Å². The summed E-state index contributed by atoms with van der Waals surface area (Å²) in [6.45, 7) is 1.95. The fraction of sp³-hybridized carbons (Fsp3) is 0.526. The van der Waals surface area contributed by atoms with Crippen molar-refractivity contribution < 1.29 is 14.6 Å². The van der Waals surface area contributed by atoms with Gasteiger partial charge in [0.2, 0.25) is 0 Å². The van der Waals surface area contributed by atoms with E-state index >= 15 is 0 Å². The molecule has 0 radical (unpaired) electrons. The molecule has 1 spiro atoms. The molecule has 2 aliphatic carbocycles. The highest BCUT2D eigenvalue weighted by Gasteiger charge is 2.43. The van der Waals surface area contributed by atoms with Gasteiger partial charge in [-0.3, -0.25) is 4.79 Å². The molecule has 124 valence electrons. The number of ether oxygens (including phenoxy) is 1. The summed E-state index contributed by atoms with van der Waals surface area (Å²) in [5.74, 6) is 0.207. The first-order chi connectivity index (χ1) is 10.9. The molecule has 1 aromatic carbocycles. The number of allylic oxidation sites excluding steroid dienone is 2. The first-order valence-corrected chi connectivity index (χ1v) is 8.56. The van der Waals surface area contributed by atoms with Crippen LogP contribution in [0.4, 0.5) is 0 Å². The summed E-state index contributed by atoms with van der Waals surface area (Å²) in [7, 11) is 1.74. The highest BCUT2D eigenvalue weighted by molar-refractivity contribution is 6.35. The molecule has 0 unspecified atom stereocenters. The highest BCUT2D eigenvalue weighted by atomic mass is 35.5. The molecule has 0 aromatic heterocycles. The van der Waals surface area contributed by atoms with Crippen LogP contribution >= 0.6 is 11.6 Å². The van der Waals surface area contributed by atoms with E-state index in [1.54, 1.807) is 7.11 Å². The molecule has 0 amide bonds. The fourth-order valence-electron chi connectivity index (χ4n) is 4.02. The van der Waals surface area contributed by atoms with Crippen molar-refractivity contribution in [3.8, 4) is 0 Å². The number of carbonyl (C=O) groups excluding carboxylic acids is 1. The monoisotopic (exact) mass is 334 g/mol. The zero-order valence-corrected chi connectivity index (χ0v) is 14.4. The average molecular weight is 335 g/mol. The number of aryl methyl sites for hydroxylation is 1. The van der Waals surface area contributed by atoms with Crippen molar-refractivity contribution in [2.45, 2.75) is 51.6 Å². The van der Waals surface area contributed by atoms with Crippen molar-refractivity contribution in [2.24, 2.45) is 5.41 Å². The minimum atomic E-state index is -0.100. The molecule has 0 bridgehead atoms. The lowest BCUT2D eigenvalue weighted by Gasteiger charge is -2.42. The van der Waals surface area contributed by atoms with Gasteiger partial charge < -0.3 is 9.84 Å². The van der Waals surface area contributed by atoms with Crippen LogP contribution in [0.1, 0.15) is 49.7 Å². The van der Waals surface area contributed by atoms with Crippen LogP contribution < -0.4 is 0 Å². The Hall–Kier alpha value is -1.32. The molecule has 1 saturated carbocycles. The minimum Gasteiger partial charge on any atom is -0.512 e. The van der Waals surface area contributed by atoms with Crippen LogP contribution in [0.3, 0.4) is 0 Å². The van der Waals surface area contributed by atoms with E-state index in [4.69, 9.17) is 16.3 Å². The van der Waals surface area contributed by atoms with E-state index in [9.17, 15) is 9.90 Å². The second-order valence-corrected chi connectivity index (χ2v) is 7.42. The van der Waals surface area contributed by atoms with Crippen molar-refractivity contribution in [1.29, 1.82) is 0 Å². The van der Waals surface area contributed by atoms with E-state index in [1.807, 2.05) is 25.1 Å². The van der Waals surface area contributed by atoms with Gasteiger partial charge >= 0.3 is 0 Å². The Morgan fingerprint density at radius 1 is 1.26 bits per heavy atom. The molecule has 1 N–H and O–H groups in total. The predicted molar refractivity (Wildman–Crippen MR) is 91.7 cm³/mol. The Morgan fingerprint density at radius 3 is 2.52 bits per heavy atom. The number of Topliss-reactive ketones (excluding diaryl/α,β-unsaturated/α-hetero) is 1. The fourth-order valence-corrected chi connectivity index (χ4v) is 4.35. The van der Waals surface area contributed by atoms with Crippen LogP contribution in [0.15, 0.2) is 24.0 Å². The van der Waals surface area contributed by atoms with Crippen LogP contribution in [0.5, 0.6) is 0 Å². The zero-order valence-electron chi connectivity index (χ0n) is 13.7. The van der Waals surface area contributed by atoms with Crippen molar-refractivity contribution in [3.63, 3.8) is 0 Å². The molecule has 0 atom stereocenters. The third-order valence-electron chi connectivity index (χ3n) is 5.37. The standard InChI is InChI=1S/C19H23ClO3/c1-12-3-4-14(15(20)9-12)18-16(21)10-19(11-17(18)22)7-5-13(23-2)6-8-19/h3-4,9,13,21H,5-8,10-11H2,1-2H3. The Balaban J connectivity index is 1.89. The summed E-state index contributed by atoms with van der Waals surface area (Å²) in [5, 5.41) is 11.1. The van der Waals surface area contributed by atoms with E-state index in [2.05, 4.69) is 0 Å². The number of carbonyl (C=O) groups is 1. The largest absolute Gasteiger partial charge is 0.512 e. The zero-order chi connectivity index (χ0) is 16.6. The molecule has 23 heavy (non-hydrogen) atoms. The quantitative estimate of drug-likeness (QED) is 0.840. The maximum absolute atomic E-state index is 12.8. The van der Waals surface area contributed by atoms with Gasteiger partial charge in [-0.25, -0.2) is 0 Å². The molecule has 3 rings (SSSR count). The van der Waals surface area contributed by atoms with Gasteiger partial charge in [0.1, 0.15) is 5.76 Å². The second kappa shape index (κ2) is 6.29. The Morgan fingerprint density at radius 2 is 1.96 bits per heavy atom. The number of benzene rings is 1. The van der Waals surface area contributed by atoms with Crippen molar-refractivity contribution in [3.05, 3.63) is 40.1 Å². The van der Waals surface area contributed by atoms with E-state index in [1.165, 1.54) is 0 Å². The number of methoxy groups -OCH3 is 1. The Kier molecular flexibility index (Phi) is 4.52. The van der Waals surface area contributed by atoms with Gasteiger partial charge in [0.15, 0.2) is 5.78 Å². The molecule has 0 aliphatic heterocycles.